The number of aliphatic hydroxyl groups is 1. The van der Waals surface area contributed by atoms with Crippen molar-refractivity contribution in [3.8, 4) is 0 Å². The van der Waals surface area contributed by atoms with E-state index >= 15 is 0 Å². The predicted octanol–water partition coefficient (Wildman–Crippen LogP) is 7.43. The Morgan fingerprint density at radius 3 is 1.94 bits per heavy atom. The van der Waals surface area contributed by atoms with Gasteiger partial charge < -0.3 is 14.6 Å². The number of hydrogen-bond acceptors (Lipinski definition) is 4. The largest absolute Gasteiger partial charge is 0.475 e. The summed E-state index contributed by atoms with van der Waals surface area (Å²) < 4.78 is 11.4. The van der Waals surface area contributed by atoms with Crippen LogP contribution >= 0.6 is 0 Å². The second-order valence-corrected chi connectivity index (χ2v) is 7.31. The fourth-order valence-corrected chi connectivity index (χ4v) is 2.80. The van der Waals surface area contributed by atoms with Gasteiger partial charge in [0.05, 0.1) is 6.61 Å². The van der Waals surface area contributed by atoms with Crippen molar-refractivity contribution in [2.75, 3.05) is 26.9 Å². The number of benzene rings is 1. The molecule has 0 spiro atoms. The van der Waals surface area contributed by atoms with Crippen LogP contribution in [0.2, 0.25) is 0 Å². The Morgan fingerprint density at radius 1 is 0.839 bits per heavy atom. The molecule has 0 bridgehead atoms. The molecule has 0 fully saturated rings. The van der Waals surface area contributed by atoms with Gasteiger partial charge >= 0.3 is 0 Å². The molecule has 4 nitrogen and oxygen atoms in total. The van der Waals surface area contributed by atoms with E-state index in [4.69, 9.17) is 14.6 Å². The van der Waals surface area contributed by atoms with Crippen LogP contribution in [-0.2, 0) is 9.47 Å². The van der Waals surface area contributed by atoms with Gasteiger partial charge in [-0.05, 0) is 18.6 Å². The lowest BCUT2D eigenvalue weighted by Gasteiger charge is -2.06. The molecule has 0 aliphatic carbocycles. The Kier molecular flexibility index (Phi) is 27.3. The third kappa shape index (κ3) is 19.1. The highest BCUT2D eigenvalue weighted by atomic mass is 16.5. The molecule has 1 aromatic rings. The molecule has 0 amide bonds. The normalized spacial score (nSPS) is 14.0. The minimum absolute atomic E-state index is 0.152. The summed E-state index contributed by atoms with van der Waals surface area (Å²) in [7, 11) is 1.00. The Morgan fingerprint density at radius 2 is 1.39 bits per heavy atom. The van der Waals surface area contributed by atoms with Gasteiger partial charge in [0.2, 0.25) is 5.90 Å². The average Bonchev–Trinajstić information content (AvgIpc) is 3.32. The monoisotopic (exact) mass is 437 g/mol. The molecule has 1 aliphatic rings. The van der Waals surface area contributed by atoms with Gasteiger partial charge in [-0.1, -0.05) is 111 Å². The van der Waals surface area contributed by atoms with E-state index in [0.717, 1.165) is 31.6 Å². The second kappa shape index (κ2) is 26.6. The van der Waals surface area contributed by atoms with Gasteiger partial charge in [0.15, 0.2) is 0 Å². The van der Waals surface area contributed by atoms with Crippen molar-refractivity contribution in [2.24, 2.45) is 4.99 Å². The summed E-state index contributed by atoms with van der Waals surface area (Å²) in [4.78, 5) is 4.60. The number of rotatable bonds is 13. The lowest BCUT2D eigenvalue weighted by atomic mass is 10.1. The lowest BCUT2D eigenvalue weighted by molar-refractivity contribution is 0.109. The number of ether oxygens (including phenoxy) is 2. The lowest BCUT2D eigenvalue weighted by Crippen LogP contribution is -2.15. The van der Waals surface area contributed by atoms with Gasteiger partial charge in [-0.2, -0.15) is 0 Å². The highest BCUT2D eigenvalue weighted by Gasteiger charge is 2.19. The van der Waals surface area contributed by atoms with Gasteiger partial charge in [0.25, 0.3) is 0 Å². The van der Waals surface area contributed by atoms with Gasteiger partial charge in [-0.3, -0.25) is 0 Å². The molecular formula is C27H51NO3. The molecule has 0 saturated heterocycles. The number of hydrogen-bond donors (Lipinski definition) is 1. The average molecular weight is 438 g/mol. The number of aliphatic hydroxyl groups excluding tert-OH is 1. The maximum absolute atomic E-state index is 7.00. The van der Waals surface area contributed by atoms with Crippen LogP contribution in [-0.4, -0.2) is 44.0 Å². The first-order valence-electron chi connectivity index (χ1n) is 12.6. The molecule has 1 aromatic carbocycles. The summed E-state index contributed by atoms with van der Waals surface area (Å²) in [6.45, 7) is 12.8. The summed E-state index contributed by atoms with van der Waals surface area (Å²) in [5, 5.41) is 7.00. The van der Waals surface area contributed by atoms with Crippen molar-refractivity contribution in [3.63, 3.8) is 0 Å². The van der Waals surface area contributed by atoms with Crippen LogP contribution in [0.1, 0.15) is 104 Å². The fourth-order valence-electron chi connectivity index (χ4n) is 2.80. The topological polar surface area (TPSA) is 51.0 Å². The Labute approximate surface area is 193 Å². The molecule has 0 aromatic heterocycles. The standard InChI is InChI=1S/C20H31NO2.C4H10.C2H6.CH4O/c1-2-3-4-5-6-7-8-12-15-22-16-19-17-23-20(21-19)18-13-10-9-11-14-18;1-3-4-2;2*1-2/h9-11,13-14,19H,2-8,12,15-17H2,1H3;3-4H2,1-2H3;1-2H3;2H,1H3. The van der Waals surface area contributed by atoms with Crippen LogP contribution in [0.3, 0.4) is 0 Å². The fraction of sp³-hybridized carbons (Fsp3) is 0.741. The summed E-state index contributed by atoms with van der Waals surface area (Å²) in [6, 6.07) is 10.2. The maximum atomic E-state index is 7.00. The van der Waals surface area contributed by atoms with Crippen LogP contribution in [0.5, 0.6) is 0 Å². The van der Waals surface area contributed by atoms with Crippen LogP contribution < -0.4 is 0 Å². The molecule has 1 unspecified atom stereocenters. The summed E-state index contributed by atoms with van der Waals surface area (Å²) >= 11 is 0. The Bertz CT molecular complexity index is 475. The Hall–Kier alpha value is -1.39. The molecule has 2 rings (SSSR count). The zero-order chi connectivity index (χ0) is 23.6. The van der Waals surface area contributed by atoms with E-state index in [1.165, 1.54) is 57.8 Å². The molecule has 31 heavy (non-hydrogen) atoms. The van der Waals surface area contributed by atoms with Crippen LogP contribution in [0.4, 0.5) is 0 Å². The van der Waals surface area contributed by atoms with Gasteiger partial charge in [0, 0.05) is 19.3 Å². The van der Waals surface area contributed by atoms with E-state index in [2.05, 4.69) is 25.8 Å². The third-order valence-corrected chi connectivity index (χ3v) is 4.69. The number of nitrogens with zero attached hydrogens (tertiary/aromatic N) is 1. The first-order valence-corrected chi connectivity index (χ1v) is 12.6. The van der Waals surface area contributed by atoms with E-state index in [1.54, 1.807) is 0 Å². The van der Waals surface area contributed by atoms with E-state index in [1.807, 2.05) is 44.2 Å². The van der Waals surface area contributed by atoms with Gasteiger partial charge in [-0.25, -0.2) is 4.99 Å². The molecule has 1 aliphatic heterocycles. The smallest absolute Gasteiger partial charge is 0.216 e. The van der Waals surface area contributed by atoms with Crippen molar-refractivity contribution in [1.29, 1.82) is 0 Å². The van der Waals surface area contributed by atoms with E-state index in [-0.39, 0.29) is 6.04 Å². The van der Waals surface area contributed by atoms with Crippen LogP contribution in [0.15, 0.2) is 35.3 Å². The molecular weight excluding hydrogens is 386 g/mol. The maximum Gasteiger partial charge on any atom is 0.216 e. The van der Waals surface area contributed by atoms with Gasteiger partial charge in [0.1, 0.15) is 12.6 Å². The zero-order valence-electron chi connectivity index (χ0n) is 21.4. The number of unbranched alkanes of at least 4 members (excludes halogenated alkanes) is 8. The summed E-state index contributed by atoms with van der Waals surface area (Å²) in [5.41, 5.74) is 1.05. The van der Waals surface area contributed by atoms with E-state index in [9.17, 15) is 0 Å². The zero-order valence-corrected chi connectivity index (χ0v) is 21.4. The molecule has 1 heterocycles. The van der Waals surface area contributed by atoms with Crippen molar-refractivity contribution in [2.45, 2.75) is 105 Å². The molecule has 0 radical (unpaired) electrons. The van der Waals surface area contributed by atoms with Crippen molar-refractivity contribution < 1.29 is 14.6 Å². The van der Waals surface area contributed by atoms with Crippen LogP contribution in [0.25, 0.3) is 0 Å². The number of aliphatic imine (C=N–C) groups is 1. The minimum Gasteiger partial charge on any atom is -0.475 e. The predicted molar refractivity (Wildman–Crippen MR) is 136 cm³/mol. The highest BCUT2D eigenvalue weighted by Crippen LogP contribution is 2.13. The molecule has 182 valence electrons. The molecule has 1 N–H and O–H groups in total. The van der Waals surface area contributed by atoms with Crippen LogP contribution in [0, 0.1) is 0 Å². The summed E-state index contributed by atoms with van der Waals surface area (Å²) in [6.07, 6.45) is 13.3. The SMILES string of the molecule is CC.CCCC.CCCCCCCCCCOCC1COC(c2ccccc2)=N1.CO. The molecule has 0 saturated carbocycles. The van der Waals surface area contributed by atoms with E-state index < -0.39 is 0 Å². The van der Waals surface area contributed by atoms with Gasteiger partial charge in [-0.15, -0.1) is 0 Å². The first-order chi connectivity index (χ1) is 15.3. The van der Waals surface area contributed by atoms with Crippen molar-refractivity contribution in [1.82, 2.24) is 0 Å². The molecule has 4 heteroatoms. The van der Waals surface area contributed by atoms with E-state index in [0.29, 0.717) is 13.2 Å². The highest BCUT2D eigenvalue weighted by molar-refractivity contribution is 5.95. The Balaban J connectivity index is 0. The first kappa shape index (κ1) is 31.8. The third-order valence-electron chi connectivity index (χ3n) is 4.69. The summed E-state index contributed by atoms with van der Waals surface area (Å²) in [5.74, 6) is 0.756. The van der Waals surface area contributed by atoms with Crippen molar-refractivity contribution in [3.05, 3.63) is 35.9 Å². The minimum atomic E-state index is 0.152. The van der Waals surface area contributed by atoms with Crippen molar-refractivity contribution >= 4 is 5.90 Å². The quantitative estimate of drug-likeness (QED) is 0.326. The molecule has 1 atom stereocenters. The second-order valence-electron chi connectivity index (χ2n) is 7.31.